The predicted octanol–water partition coefficient (Wildman–Crippen LogP) is 8.31. The molecule has 1 saturated heterocycles. The summed E-state index contributed by atoms with van der Waals surface area (Å²) in [5.41, 5.74) is 7.83. The Hall–Kier alpha value is -4.82. The first-order valence-corrected chi connectivity index (χ1v) is 15.8. The molecule has 0 saturated carbocycles. The van der Waals surface area contributed by atoms with Crippen LogP contribution in [0.5, 0.6) is 17.2 Å². The highest BCUT2D eigenvalue weighted by atomic mass is 32.1. The molecule has 230 valence electrons. The lowest BCUT2D eigenvalue weighted by molar-refractivity contribution is 0.413. The fraction of sp³-hybridized carbons (Fsp3) is 0.243. The van der Waals surface area contributed by atoms with Crippen LogP contribution in [0, 0.1) is 13.8 Å². The topological polar surface area (TPSA) is 54.8 Å². The molecule has 6 rings (SSSR count). The van der Waals surface area contributed by atoms with Crippen molar-refractivity contribution in [2.45, 2.75) is 39.8 Å². The highest BCUT2D eigenvalue weighted by Gasteiger charge is 2.42. The third kappa shape index (κ3) is 5.98. The van der Waals surface area contributed by atoms with Crippen LogP contribution in [-0.2, 0) is 0 Å². The molecule has 5 aromatic rings. The van der Waals surface area contributed by atoms with Gasteiger partial charge in [-0.25, -0.2) is 0 Å². The summed E-state index contributed by atoms with van der Waals surface area (Å²) in [5, 5.41) is 4.26. The molecule has 1 N–H and O–H groups in total. The summed E-state index contributed by atoms with van der Waals surface area (Å²) >= 11 is 6.01. The van der Waals surface area contributed by atoms with Gasteiger partial charge in [0.15, 0.2) is 5.11 Å². The molecule has 0 spiro atoms. The van der Waals surface area contributed by atoms with E-state index >= 15 is 0 Å². The number of hydrogen-bond donors (Lipinski definition) is 1. The summed E-state index contributed by atoms with van der Waals surface area (Å²) in [5.74, 6) is 2.27. The molecular weight excluding hydrogens is 579 g/mol. The van der Waals surface area contributed by atoms with Crippen molar-refractivity contribution in [1.82, 2.24) is 14.9 Å². The van der Waals surface area contributed by atoms with Crippen LogP contribution in [0.1, 0.15) is 48.6 Å². The van der Waals surface area contributed by atoms with Gasteiger partial charge in [-0.1, -0.05) is 6.07 Å². The van der Waals surface area contributed by atoms with E-state index in [0.29, 0.717) is 5.11 Å². The lowest BCUT2D eigenvalue weighted by Crippen LogP contribution is -2.29. The van der Waals surface area contributed by atoms with Crippen molar-refractivity contribution in [2.24, 2.45) is 0 Å². The average molecular weight is 618 g/mol. The van der Waals surface area contributed by atoms with Crippen LogP contribution in [0.15, 0.2) is 103 Å². The van der Waals surface area contributed by atoms with Gasteiger partial charge in [-0.05, 0) is 136 Å². The van der Waals surface area contributed by atoms with Crippen LogP contribution in [0.3, 0.4) is 0 Å². The first kappa shape index (κ1) is 30.2. The molecular formula is C37H39N5O2S. The van der Waals surface area contributed by atoms with Crippen molar-refractivity contribution < 1.29 is 9.47 Å². The van der Waals surface area contributed by atoms with E-state index < -0.39 is 0 Å². The Morgan fingerprint density at radius 1 is 0.822 bits per heavy atom. The molecule has 2 atom stereocenters. The maximum atomic E-state index is 6.11. The second-order valence-electron chi connectivity index (χ2n) is 11.1. The van der Waals surface area contributed by atoms with Crippen LogP contribution in [0.25, 0.3) is 5.69 Å². The van der Waals surface area contributed by atoms with Crippen molar-refractivity contribution in [3.63, 3.8) is 0 Å². The molecule has 3 heterocycles. The zero-order valence-corrected chi connectivity index (χ0v) is 27.2. The van der Waals surface area contributed by atoms with E-state index in [0.717, 1.165) is 47.4 Å². The van der Waals surface area contributed by atoms with Crippen LogP contribution in [-0.4, -0.2) is 34.9 Å². The maximum Gasteiger partial charge on any atom is 0.174 e. The molecule has 2 aromatic heterocycles. The Morgan fingerprint density at radius 3 is 2.04 bits per heavy atom. The van der Waals surface area contributed by atoms with Gasteiger partial charge >= 0.3 is 0 Å². The van der Waals surface area contributed by atoms with Crippen LogP contribution in [0.2, 0.25) is 0 Å². The number of benzene rings is 3. The van der Waals surface area contributed by atoms with Crippen LogP contribution < -0.4 is 24.6 Å². The fourth-order valence-electron chi connectivity index (χ4n) is 6.29. The number of pyridine rings is 1. The quantitative estimate of drug-likeness (QED) is 0.158. The third-order valence-electron chi connectivity index (χ3n) is 8.53. The van der Waals surface area contributed by atoms with E-state index in [2.05, 4.69) is 95.9 Å². The normalized spacial score (nSPS) is 16.0. The van der Waals surface area contributed by atoms with Gasteiger partial charge in [0.05, 0.1) is 24.9 Å². The third-order valence-corrected chi connectivity index (χ3v) is 8.85. The second-order valence-corrected chi connectivity index (χ2v) is 11.5. The van der Waals surface area contributed by atoms with Crippen molar-refractivity contribution in [1.29, 1.82) is 0 Å². The largest absolute Gasteiger partial charge is 0.497 e. The van der Waals surface area contributed by atoms with Gasteiger partial charge in [-0.15, -0.1) is 0 Å². The number of anilines is 2. The van der Waals surface area contributed by atoms with E-state index in [4.69, 9.17) is 26.7 Å². The minimum absolute atomic E-state index is 0.115. The van der Waals surface area contributed by atoms with Gasteiger partial charge in [0, 0.05) is 47.7 Å². The molecule has 0 amide bonds. The van der Waals surface area contributed by atoms with Gasteiger partial charge in [-0.2, -0.15) is 0 Å². The lowest BCUT2D eigenvalue weighted by atomic mass is 9.96. The monoisotopic (exact) mass is 617 g/mol. The zero-order valence-electron chi connectivity index (χ0n) is 26.4. The molecule has 0 radical (unpaired) electrons. The first-order valence-electron chi connectivity index (χ1n) is 15.4. The summed E-state index contributed by atoms with van der Waals surface area (Å²) in [6, 6.07) is 32.6. The molecule has 1 fully saturated rings. The van der Waals surface area contributed by atoms with Crippen molar-refractivity contribution in [3.05, 3.63) is 126 Å². The van der Waals surface area contributed by atoms with Gasteiger partial charge in [0.1, 0.15) is 17.2 Å². The Kier molecular flexibility index (Phi) is 8.76. The smallest absolute Gasteiger partial charge is 0.174 e. The van der Waals surface area contributed by atoms with E-state index in [1.165, 1.54) is 22.6 Å². The molecule has 7 nitrogen and oxygen atoms in total. The second kappa shape index (κ2) is 13.0. The lowest BCUT2D eigenvalue weighted by Gasteiger charge is -2.28. The predicted molar refractivity (Wildman–Crippen MR) is 186 cm³/mol. The number of thiocarbonyl (C=S) groups is 1. The standard InChI is InChI=1S/C37H39N5O2S/c1-6-40(7-2)27-11-13-28(14-12-27)41-25(3)24-33(26(41)4)36-35(34-10-8-9-23-38-34)39-37(45)42(36)29-15-17-31(18-16-29)44-32-21-19-30(43-5)20-22-32/h8-24,35-36H,6-7H2,1-5H3,(H,39,45)/t35-,36+/m0/s1. The van der Waals surface area contributed by atoms with Gasteiger partial charge in [0.25, 0.3) is 0 Å². The summed E-state index contributed by atoms with van der Waals surface area (Å²) in [6.45, 7) is 10.7. The summed E-state index contributed by atoms with van der Waals surface area (Å²) in [6.07, 6.45) is 1.84. The zero-order chi connectivity index (χ0) is 31.5. The average Bonchev–Trinajstić information content (AvgIpc) is 3.57. The molecule has 0 aliphatic carbocycles. The van der Waals surface area contributed by atoms with E-state index in [9.17, 15) is 0 Å². The van der Waals surface area contributed by atoms with E-state index in [1.54, 1.807) is 7.11 Å². The van der Waals surface area contributed by atoms with Gasteiger partial charge in [-0.3, -0.25) is 4.98 Å². The summed E-state index contributed by atoms with van der Waals surface area (Å²) < 4.78 is 13.7. The van der Waals surface area contributed by atoms with Gasteiger partial charge in [0.2, 0.25) is 0 Å². The number of ether oxygens (including phenoxy) is 2. The Labute approximate surface area is 271 Å². The van der Waals surface area contributed by atoms with E-state index in [-0.39, 0.29) is 12.1 Å². The number of aromatic nitrogens is 2. The Morgan fingerprint density at radius 2 is 1.44 bits per heavy atom. The number of hydrogen-bond acceptors (Lipinski definition) is 5. The molecule has 8 heteroatoms. The van der Waals surface area contributed by atoms with Crippen LogP contribution in [0.4, 0.5) is 11.4 Å². The molecule has 1 aliphatic heterocycles. The number of rotatable bonds is 10. The van der Waals surface area contributed by atoms with Crippen LogP contribution >= 0.6 is 12.2 Å². The molecule has 1 aliphatic rings. The van der Waals surface area contributed by atoms with Crippen molar-refractivity contribution in [3.8, 4) is 22.9 Å². The molecule has 0 unspecified atom stereocenters. The van der Waals surface area contributed by atoms with Crippen molar-refractivity contribution >= 4 is 28.7 Å². The first-order chi connectivity index (χ1) is 21.9. The molecule has 0 bridgehead atoms. The minimum atomic E-state index is -0.132. The van der Waals surface area contributed by atoms with E-state index in [1.807, 2.05) is 54.7 Å². The Bertz CT molecular complexity index is 1750. The maximum absolute atomic E-state index is 6.11. The summed E-state index contributed by atoms with van der Waals surface area (Å²) in [4.78, 5) is 9.31. The van der Waals surface area contributed by atoms with Crippen molar-refractivity contribution in [2.75, 3.05) is 30.0 Å². The SMILES string of the molecule is CCN(CC)c1ccc(-n2c(C)cc([C@@H]3[C@H](c4ccccn4)NC(=S)N3c3ccc(Oc4ccc(OC)cc4)cc3)c2C)cc1. The summed E-state index contributed by atoms with van der Waals surface area (Å²) in [7, 11) is 1.65. The number of methoxy groups -OCH3 is 1. The number of aryl methyl sites for hydroxylation is 1. The highest BCUT2D eigenvalue weighted by Crippen LogP contribution is 2.44. The molecule has 3 aromatic carbocycles. The van der Waals surface area contributed by atoms with Gasteiger partial charge < -0.3 is 29.2 Å². The minimum Gasteiger partial charge on any atom is -0.497 e. The highest BCUT2D eigenvalue weighted by molar-refractivity contribution is 7.80. The Balaban J connectivity index is 1.36. The number of nitrogens with one attached hydrogen (secondary N) is 1. The fourth-order valence-corrected chi connectivity index (χ4v) is 6.64. The molecule has 45 heavy (non-hydrogen) atoms. The number of nitrogens with zero attached hydrogens (tertiary/aromatic N) is 4.